The Hall–Kier alpha value is -1.85. The standard InChI is InChI=1S/C15H10ClIN4O/c16-12-3-1-10(2-4-12)13-5-6-20(14(22)7-17)15-11(8-18)9-19-21(13)15/h1-5,9H,6-7H2. The van der Waals surface area contributed by atoms with E-state index in [0.29, 0.717) is 27.4 Å². The number of benzene rings is 1. The first-order chi connectivity index (χ1) is 10.7. The number of nitriles is 1. The average Bonchev–Trinajstić information content (AvgIpc) is 2.98. The van der Waals surface area contributed by atoms with Crippen LogP contribution in [0.1, 0.15) is 11.1 Å². The van der Waals surface area contributed by atoms with E-state index in [9.17, 15) is 10.1 Å². The highest BCUT2D eigenvalue weighted by atomic mass is 127. The van der Waals surface area contributed by atoms with Crippen molar-refractivity contribution in [1.82, 2.24) is 9.78 Å². The van der Waals surface area contributed by atoms with Crippen LogP contribution in [-0.4, -0.2) is 26.7 Å². The van der Waals surface area contributed by atoms with Gasteiger partial charge in [-0.15, -0.1) is 0 Å². The molecule has 7 heteroatoms. The van der Waals surface area contributed by atoms with Gasteiger partial charge >= 0.3 is 0 Å². The summed E-state index contributed by atoms with van der Waals surface area (Å²) in [6, 6.07) is 9.48. The third-order valence-electron chi connectivity index (χ3n) is 3.37. The van der Waals surface area contributed by atoms with Crippen LogP contribution in [0.5, 0.6) is 0 Å². The molecular weight excluding hydrogens is 415 g/mol. The maximum Gasteiger partial charge on any atom is 0.238 e. The number of fused-ring (bicyclic) bond motifs is 1. The normalized spacial score (nSPS) is 13.3. The molecule has 0 saturated carbocycles. The Kier molecular flexibility index (Phi) is 4.18. The number of nitrogens with zero attached hydrogens (tertiary/aromatic N) is 4. The van der Waals surface area contributed by atoms with Crippen LogP contribution in [0.15, 0.2) is 36.5 Å². The van der Waals surface area contributed by atoms with Crippen LogP contribution in [-0.2, 0) is 4.79 Å². The Bertz CT molecular complexity index is 804. The number of anilines is 1. The second kappa shape index (κ2) is 6.10. The van der Waals surface area contributed by atoms with E-state index < -0.39 is 0 Å². The number of carbonyl (C=O) groups is 1. The molecule has 0 aliphatic carbocycles. The molecule has 0 radical (unpaired) electrons. The van der Waals surface area contributed by atoms with Gasteiger partial charge in [0.15, 0.2) is 5.82 Å². The van der Waals surface area contributed by atoms with E-state index in [0.717, 1.165) is 11.3 Å². The fraction of sp³-hybridized carbons (Fsp3) is 0.133. The van der Waals surface area contributed by atoms with Gasteiger partial charge in [0.25, 0.3) is 0 Å². The van der Waals surface area contributed by atoms with Gasteiger partial charge < -0.3 is 0 Å². The summed E-state index contributed by atoms with van der Waals surface area (Å²) >= 11 is 7.94. The van der Waals surface area contributed by atoms with Gasteiger partial charge in [-0.2, -0.15) is 10.4 Å². The maximum atomic E-state index is 12.1. The summed E-state index contributed by atoms with van der Waals surface area (Å²) in [6.07, 6.45) is 3.41. The zero-order valence-electron chi connectivity index (χ0n) is 11.3. The molecule has 5 nitrogen and oxygen atoms in total. The minimum absolute atomic E-state index is 0.0507. The largest absolute Gasteiger partial charge is 0.291 e. The molecular formula is C15H10ClIN4O. The van der Waals surface area contributed by atoms with Crippen molar-refractivity contribution in [2.24, 2.45) is 0 Å². The molecule has 2 heterocycles. The predicted molar refractivity (Wildman–Crippen MR) is 93.0 cm³/mol. The number of rotatable bonds is 2. The van der Waals surface area contributed by atoms with E-state index >= 15 is 0 Å². The monoisotopic (exact) mass is 424 g/mol. The predicted octanol–water partition coefficient (Wildman–Crippen LogP) is 3.08. The minimum atomic E-state index is -0.0507. The zero-order chi connectivity index (χ0) is 15.7. The molecule has 0 spiro atoms. The Balaban J connectivity index is 2.12. The molecule has 0 atom stereocenters. The summed E-state index contributed by atoms with van der Waals surface area (Å²) in [5, 5.41) is 14.2. The van der Waals surface area contributed by atoms with Gasteiger partial charge in [0.05, 0.1) is 16.3 Å². The number of alkyl halides is 1. The number of carbonyl (C=O) groups excluding carboxylic acids is 1. The maximum absolute atomic E-state index is 12.1. The number of hydrogen-bond donors (Lipinski definition) is 0. The van der Waals surface area contributed by atoms with E-state index in [-0.39, 0.29) is 5.91 Å². The molecule has 1 aromatic carbocycles. The Morgan fingerprint density at radius 2 is 2.14 bits per heavy atom. The molecule has 1 aliphatic rings. The minimum Gasteiger partial charge on any atom is -0.291 e. The lowest BCUT2D eigenvalue weighted by atomic mass is 10.1. The molecule has 1 aromatic heterocycles. The number of amides is 1. The van der Waals surface area contributed by atoms with Crippen LogP contribution in [0.3, 0.4) is 0 Å². The van der Waals surface area contributed by atoms with Gasteiger partial charge in [0.1, 0.15) is 11.6 Å². The summed E-state index contributed by atoms with van der Waals surface area (Å²) in [6.45, 7) is 0.417. The van der Waals surface area contributed by atoms with E-state index in [2.05, 4.69) is 11.2 Å². The van der Waals surface area contributed by atoms with Crippen molar-refractivity contribution in [2.75, 3.05) is 15.9 Å². The molecule has 1 amide bonds. The van der Waals surface area contributed by atoms with Crippen molar-refractivity contribution in [1.29, 1.82) is 5.26 Å². The third-order valence-corrected chi connectivity index (χ3v) is 4.28. The van der Waals surface area contributed by atoms with Crippen LogP contribution >= 0.6 is 34.2 Å². The van der Waals surface area contributed by atoms with Gasteiger partial charge in [-0.05, 0) is 18.2 Å². The Morgan fingerprint density at radius 3 is 2.77 bits per heavy atom. The smallest absolute Gasteiger partial charge is 0.238 e. The van der Waals surface area contributed by atoms with E-state index in [1.807, 2.05) is 40.8 Å². The summed E-state index contributed by atoms with van der Waals surface area (Å²) in [5.74, 6) is 0.474. The summed E-state index contributed by atoms with van der Waals surface area (Å²) < 4.78 is 1.98. The van der Waals surface area contributed by atoms with Crippen LogP contribution in [0, 0.1) is 11.3 Å². The second-order valence-electron chi connectivity index (χ2n) is 4.64. The van der Waals surface area contributed by atoms with Crippen LogP contribution in [0.4, 0.5) is 5.82 Å². The van der Waals surface area contributed by atoms with Gasteiger partial charge in [0, 0.05) is 17.1 Å². The summed E-state index contributed by atoms with van der Waals surface area (Å²) in [5.41, 5.74) is 2.16. The first-order valence-corrected chi connectivity index (χ1v) is 8.37. The molecule has 0 fully saturated rings. The van der Waals surface area contributed by atoms with Crippen molar-refractivity contribution >= 4 is 51.6 Å². The molecule has 0 bridgehead atoms. The van der Waals surface area contributed by atoms with Crippen LogP contribution in [0.25, 0.3) is 5.70 Å². The molecule has 0 unspecified atom stereocenters. The average molecular weight is 425 g/mol. The Labute approximate surface area is 145 Å². The Morgan fingerprint density at radius 1 is 1.41 bits per heavy atom. The molecule has 110 valence electrons. The van der Waals surface area contributed by atoms with Crippen molar-refractivity contribution in [3.8, 4) is 6.07 Å². The van der Waals surface area contributed by atoms with Crippen molar-refractivity contribution in [3.63, 3.8) is 0 Å². The quantitative estimate of drug-likeness (QED) is 0.550. The van der Waals surface area contributed by atoms with Crippen LogP contribution < -0.4 is 4.90 Å². The van der Waals surface area contributed by atoms with E-state index in [1.54, 1.807) is 21.7 Å². The first-order valence-electron chi connectivity index (χ1n) is 6.46. The fourth-order valence-electron chi connectivity index (χ4n) is 2.36. The molecule has 0 saturated heterocycles. The molecule has 0 N–H and O–H groups in total. The highest BCUT2D eigenvalue weighted by Gasteiger charge is 2.27. The zero-order valence-corrected chi connectivity index (χ0v) is 14.2. The molecule has 22 heavy (non-hydrogen) atoms. The SMILES string of the molecule is N#Cc1cnn2c1N(C(=O)CI)CC=C2c1ccc(Cl)cc1. The first kappa shape index (κ1) is 15.1. The second-order valence-corrected chi connectivity index (χ2v) is 5.84. The number of aromatic nitrogens is 2. The van der Waals surface area contributed by atoms with Crippen molar-refractivity contribution in [2.45, 2.75) is 0 Å². The summed E-state index contributed by atoms with van der Waals surface area (Å²) in [7, 11) is 0. The summed E-state index contributed by atoms with van der Waals surface area (Å²) in [4.78, 5) is 13.7. The van der Waals surface area contributed by atoms with Crippen molar-refractivity contribution < 1.29 is 4.79 Å². The van der Waals surface area contributed by atoms with Crippen LogP contribution in [0.2, 0.25) is 5.02 Å². The number of hydrogen-bond acceptors (Lipinski definition) is 3. The fourth-order valence-corrected chi connectivity index (χ4v) is 2.90. The molecule has 1 aliphatic heterocycles. The lowest BCUT2D eigenvalue weighted by Crippen LogP contribution is -2.37. The highest BCUT2D eigenvalue weighted by Crippen LogP contribution is 2.31. The lowest BCUT2D eigenvalue weighted by molar-refractivity contribution is -0.115. The number of halogens is 2. The highest BCUT2D eigenvalue weighted by molar-refractivity contribution is 14.1. The van der Waals surface area contributed by atoms with Gasteiger partial charge in [-0.3, -0.25) is 9.69 Å². The van der Waals surface area contributed by atoms with E-state index in [1.165, 1.54) is 6.20 Å². The van der Waals surface area contributed by atoms with Gasteiger partial charge in [-0.25, -0.2) is 4.68 Å². The molecule has 3 rings (SSSR count). The third kappa shape index (κ3) is 2.51. The lowest BCUT2D eigenvalue weighted by Gasteiger charge is -2.27. The topological polar surface area (TPSA) is 61.9 Å². The van der Waals surface area contributed by atoms with Crippen molar-refractivity contribution in [3.05, 3.63) is 52.7 Å². The van der Waals surface area contributed by atoms with Gasteiger partial charge in [-0.1, -0.05) is 46.3 Å². The van der Waals surface area contributed by atoms with Gasteiger partial charge in [0.2, 0.25) is 5.91 Å². The van der Waals surface area contributed by atoms with E-state index in [4.69, 9.17) is 11.6 Å². The molecule has 2 aromatic rings.